The lowest BCUT2D eigenvalue weighted by Gasteiger charge is -2.26. The van der Waals surface area contributed by atoms with Gasteiger partial charge in [0.05, 0.1) is 12.7 Å². The van der Waals surface area contributed by atoms with Crippen LogP contribution >= 0.6 is 0 Å². The Labute approximate surface area is 86.0 Å². The van der Waals surface area contributed by atoms with Crippen LogP contribution in [0.4, 0.5) is 0 Å². The van der Waals surface area contributed by atoms with Crippen LogP contribution in [0.25, 0.3) is 0 Å². The Morgan fingerprint density at radius 1 is 1.50 bits per heavy atom. The SMILES string of the molecule is CCOC(C)(C)CNC(C)C(=O)OC. The molecule has 0 aromatic heterocycles. The molecular formula is C10H21NO3. The summed E-state index contributed by atoms with van der Waals surface area (Å²) in [6.07, 6.45) is 0. The van der Waals surface area contributed by atoms with Gasteiger partial charge < -0.3 is 14.8 Å². The van der Waals surface area contributed by atoms with E-state index in [4.69, 9.17) is 4.74 Å². The highest BCUT2D eigenvalue weighted by molar-refractivity contribution is 5.75. The van der Waals surface area contributed by atoms with Gasteiger partial charge in [-0.2, -0.15) is 0 Å². The zero-order valence-electron chi connectivity index (χ0n) is 9.72. The van der Waals surface area contributed by atoms with Crippen molar-refractivity contribution < 1.29 is 14.3 Å². The molecule has 1 atom stereocenters. The van der Waals surface area contributed by atoms with Crippen molar-refractivity contribution in [1.29, 1.82) is 0 Å². The lowest BCUT2D eigenvalue weighted by Crippen LogP contribution is -2.44. The first-order chi connectivity index (χ1) is 6.43. The van der Waals surface area contributed by atoms with Crippen molar-refractivity contribution >= 4 is 5.97 Å². The summed E-state index contributed by atoms with van der Waals surface area (Å²) in [6, 6.07) is -0.292. The van der Waals surface area contributed by atoms with E-state index in [1.807, 2.05) is 20.8 Å². The predicted octanol–water partition coefficient (Wildman–Crippen LogP) is 0.953. The van der Waals surface area contributed by atoms with Gasteiger partial charge in [-0.3, -0.25) is 4.79 Å². The van der Waals surface area contributed by atoms with E-state index in [9.17, 15) is 4.79 Å². The van der Waals surface area contributed by atoms with Gasteiger partial charge in [0.2, 0.25) is 0 Å². The minimum atomic E-state index is -0.292. The minimum Gasteiger partial charge on any atom is -0.468 e. The number of hydrogen-bond donors (Lipinski definition) is 1. The number of methoxy groups -OCH3 is 1. The normalized spacial score (nSPS) is 13.8. The van der Waals surface area contributed by atoms with E-state index >= 15 is 0 Å². The molecule has 0 amide bonds. The molecule has 0 aromatic carbocycles. The molecule has 4 heteroatoms. The Hall–Kier alpha value is -0.610. The maximum absolute atomic E-state index is 11.1. The summed E-state index contributed by atoms with van der Waals surface area (Å²) < 4.78 is 10.1. The molecule has 0 aromatic rings. The smallest absolute Gasteiger partial charge is 0.322 e. The fraction of sp³-hybridized carbons (Fsp3) is 0.900. The molecule has 0 aliphatic carbocycles. The average Bonchev–Trinajstić information content (AvgIpc) is 2.13. The summed E-state index contributed by atoms with van der Waals surface area (Å²) in [5.74, 6) is -0.253. The zero-order chi connectivity index (χ0) is 11.2. The van der Waals surface area contributed by atoms with Crippen molar-refractivity contribution in [3.63, 3.8) is 0 Å². The van der Waals surface area contributed by atoms with Crippen LogP contribution in [0.5, 0.6) is 0 Å². The van der Waals surface area contributed by atoms with Crippen LogP contribution in [0.3, 0.4) is 0 Å². The number of rotatable bonds is 6. The van der Waals surface area contributed by atoms with E-state index in [0.717, 1.165) is 0 Å². The second kappa shape index (κ2) is 5.98. The maximum atomic E-state index is 11.1. The first kappa shape index (κ1) is 13.4. The highest BCUT2D eigenvalue weighted by Gasteiger charge is 2.20. The van der Waals surface area contributed by atoms with Crippen molar-refractivity contribution in [2.45, 2.75) is 39.3 Å². The van der Waals surface area contributed by atoms with E-state index in [1.54, 1.807) is 6.92 Å². The van der Waals surface area contributed by atoms with E-state index in [2.05, 4.69) is 10.1 Å². The Kier molecular flexibility index (Phi) is 5.72. The van der Waals surface area contributed by atoms with Crippen LogP contribution in [-0.4, -0.2) is 37.9 Å². The van der Waals surface area contributed by atoms with E-state index in [1.165, 1.54) is 7.11 Å². The predicted molar refractivity (Wildman–Crippen MR) is 55.2 cm³/mol. The number of ether oxygens (including phenoxy) is 2. The molecule has 0 saturated heterocycles. The second-order valence-corrected chi connectivity index (χ2v) is 3.82. The zero-order valence-corrected chi connectivity index (χ0v) is 9.72. The summed E-state index contributed by atoms with van der Waals surface area (Å²) in [7, 11) is 1.38. The van der Waals surface area contributed by atoms with E-state index in [-0.39, 0.29) is 17.6 Å². The third-order valence-corrected chi connectivity index (χ3v) is 1.92. The highest BCUT2D eigenvalue weighted by atomic mass is 16.5. The van der Waals surface area contributed by atoms with Crippen LogP contribution in [0.2, 0.25) is 0 Å². The van der Waals surface area contributed by atoms with Gasteiger partial charge >= 0.3 is 5.97 Å². The van der Waals surface area contributed by atoms with Crippen LogP contribution in [-0.2, 0) is 14.3 Å². The molecule has 84 valence electrons. The van der Waals surface area contributed by atoms with Gasteiger partial charge in [0, 0.05) is 13.2 Å². The lowest BCUT2D eigenvalue weighted by atomic mass is 10.1. The summed E-state index contributed by atoms with van der Waals surface area (Å²) in [6.45, 7) is 8.97. The topological polar surface area (TPSA) is 47.6 Å². The molecule has 1 unspecified atom stereocenters. The quantitative estimate of drug-likeness (QED) is 0.653. The van der Waals surface area contributed by atoms with E-state index in [0.29, 0.717) is 13.2 Å². The number of hydrogen-bond acceptors (Lipinski definition) is 4. The average molecular weight is 203 g/mol. The highest BCUT2D eigenvalue weighted by Crippen LogP contribution is 2.07. The molecule has 1 N–H and O–H groups in total. The largest absolute Gasteiger partial charge is 0.468 e. The first-order valence-electron chi connectivity index (χ1n) is 4.88. The summed E-state index contributed by atoms with van der Waals surface area (Å²) in [4.78, 5) is 11.1. The molecule has 0 spiro atoms. The third-order valence-electron chi connectivity index (χ3n) is 1.92. The van der Waals surface area contributed by atoms with Gasteiger partial charge in [-0.15, -0.1) is 0 Å². The molecule has 0 saturated carbocycles. The Bertz CT molecular complexity index is 180. The fourth-order valence-corrected chi connectivity index (χ4v) is 1.10. The molecule has 0 fully saturated rings. The standard InChI is InChI=1S/C10H21NO3/c1-6-14-10(3,4)7-11-8(2)9(12)13-5/h8,11H,6-7H2,1-5H3. The molecule has 0 aliphatic rings. The number of nitrogens with one attached hydrogen (secondary N) is 1. The third kappa shape index (κ3) is 5.19. The van der Waals surface area contributed by atoms with Crippen molar-refractivity contribution in [1.82, 2.24) is 5.32 Å². The van der Waals surface area contributed by atoms with Gasteiger partial charge in [0.15, 0.2) is 0 Å². The summed E-state index contributed by atoms with van der Waals surface area (Å²) >= 11 is 0. The molecule has 0 aliphatic heterocycles. The number of esters is 1. The van der Waals surface area contributed by atoms with Gasteiger partial charge in [-0.25, -0.2) is 0 Å². The van der Waals surface area contributed by atoms with Crippen LogP contribution in [0.1, 0.15) is 27.7 Å². The fourth-order valence-electron chi connectivity index (χ4n) is 1.10. The van der Waals surface area contributed by atoms with Crippen molar-refractivity contribution in [2.24, 2.45) is 0 Å². The van der Waals surface area contributed by atoms with E-state index < -0.39 is 0 Å². The van der Waals surface area contributed by atoms with Gasteiger partial charge in [-0.05, 0) is 27.7 Å². The van der Waals surface area contributed by atoms with Crippen LogP contribution in [0.15, 0.2) is 0 Å². The Morgan fingerprint density at radius 2 is 2.07 bits per heavy atom. The van der Waals surface area contributed by atoms with Gasteiger partial charge in [0.25, 0.3) is 0 Å². The molecular weight excluding hydrogens is 182 g/mol. The molecule has 0 radical (unpaired) electrons. The maximum Gasteiger partial charge on any atom is 0.322 e. The van der Waals surface area contributed by atoms with Crippen LogP contribution in [0, 0.1) is 0 Å². The Morgan fingerprint density at radius 3 is 2.50 bits per heavy atom. The molecule has 14 heavy (non-hydrogen) atoms. The molecule has 0 bridgehead atoms. The molecule has 4 nitrogen and oxygen atoms in total. The number of carbonyl (C=O) groups is 1. The van der Waals surface area contributed by atoms with Gasteiger partial charge in [0.1, 0.15) is 6.04 Å². The minimum absolute atomic E-state index is 0.253. The van der Waals surface area contributed by atoms with Crippen molar-refractivity contribution in [2.75, 3.05) is 20.3 Å². The van der Waals surface area contributed by atoms with Gasteiger partial charge in [-0.1, -0.05) is 0 Å². The summed E-state index contributed by atoms with van der Waals surface area (Å²) in [5.41, 5.74) is -0.253. The van der Waals surface area contributed by atoms with Crippen molar-refractivity contribution in [3.05, 3.63) is 0 Å². The number of carbonyl (C=O) groups excluding carboxylic acids is 1. The molecule has 0 rings (SSSR count). The monoisotopic (exact) mass is 203 g/mol. The first-order valence-corrected chi connectivity index (χ1v) is 4.88. The Balaban J connectivity index is 3.86. The van der Waals surface area contributed by atoms with Crippen molar-refractivity contribution in [3.8, 4) is 0 Å². The van der Waals surface area contributed by atoms with Crippen LogP contribution < -0.4 is 5.32 Å². The summed E-state index contributed by atoms with van der Waals surface area (Å²) in [5, 5.41) is 3.06. The second-order valence-electron chi connectivity index (χ2n) is 3.82. The lowest BCUT2D eigenvalue weighted by molar-refractivity contribution is -0.142. The molecule has 0 heterocycles.